The lowest BCUT2D eigenvalue weighted by Crippen LogP contribution is -2.46. The lowest BCUT2D eigenvalue weighted by molar-refractivity contribution is -0.746. The number of imidazole rings is 1. The van der Waals surface area contributed by atoms with E-state index in [-0.39, 0.29) is 30.3 Å². The Hall–Kier alpha value is -2.91. The first-order valence-corrected chi connectivity index (χ1v) is 11.4. The fraction of sp³-hybridized carbons (Fsp3) is 0.389. The Morgan fingerprint density at radius 3 is 2.71 bits per heavy atom. The zero-order valence-corrected chi connectivity index (χ0v) is 18.2. The van der Waals surface area contributed by atoms with Crippen LogP contribution < -0.4 is 25.5 Å². The highest BCUT2D eigenvalue weighted by atomic mass is 31.2. The fourth-order valence-corrected chi connectivity index (χ4v) is 3.92. The van der Waals surface area contributed by atoms with E-state index in [1.54, 1.807) is 0 Å². The van der Waals surface area contributed by atoms with E-state index in [1.165, 1.54) is 39.7 Å². The summed E-state index contributed by atoms with van der Waals surface area (Å²) in [5.41, 5.74) is 5.14. The van der Waals surface area contributed by atoms with E-state index in [2.05, 4.69) is 14.5 Å². The van der Waals surface area contributed by atoms with Gasteiger partial charge < -0.3 is 39.7 Å². The maximum Gasteiger partial charge on any atom is 0.313 e. The number of phosphoric acid groups is 1. The molecule has 6 N–H and O–H groups in total. The molecule has 1 unspecified atom stereocenters. The largest absolute Gasteiger partial charge is 0.756 e. The van der Waals surface area contributed by atoms with E-state index in [0.717, 1.165) is 0 Å². The molecule has 4 rings (SSSR count). The van der Waals surface area contributed by atoms with Crippen LogP contribution in [0.1, 0.15) is 6.23 Å². The molecule has 1 aromatic carbocycles. The van der Waals surface area contributed by atoms with Gasteiger partial charge in [0.1, 0.15) is 43.0 Å². The third kappa shape index (κ3) is 5.10. The lowest BCUT2D eigenvalue weighted by Gasteiger charge is -2.19. The van der Waals surface area contributed by atoms with Crippen LogP contribution in [0.15, 0.2) is 35.4 Å². The smallest absolute Gasteiger partial charge is 0.313 e. The first-order valence-electron chi connectivity index (χ1n) is 9.91. The summed E-state index contributed by atoms with van der Waals surface area (Å²) >= 11 is 0. The van der Waals surface area contributed by atoms with Crippen molar-refractivity contribution in [2.24, 2.45) is 0 Å². The van der Waals surface area contributed by atoms with Gasteiger partial charge in [0.25, 0.3) is 19.3 Å². The quantitative estimate of drug-likeness (QED) is 0.167. The Kier molecular flexibility index (Phi) is 6.69. The monoisotopic (exact) mass is 501 g/mol. The molecule has 1 fully saturated rings. The Labute approximate surface area is 190 Å². The minimum Gasteiger partial charge on any atom is -0.756 e. The Balaban J connectivity index is 1.60. The van der Waals surface area contributed by atoms with E-state index < -0.39 is 50.3 Å². The molecule has 16 heteroatoms. The second-order valence-electron chi connectivity index (χ2n) is 7.45. The van der Waals surface area contributed by atoms with Crippen molar-refractivity contribution in [1.82, 2.24) is 14.5 Å². The molecule has 184 valence electrons. The van der Waals surface area contributed by atoms with E-state index in [0.29, 0.717) is 5.75 Å². The molecular weight excluding hydrogens is 480 g/mol. The Morgan fingerprint density at radius 2 is 2.03 bits per heavy atom. The van der Waals surface area contributed by atoms with E-state index in [9.17, 15) is 28.9 Å². The third-order valence-corrected chi connectivity index (χ3v) is 5.59. The van der Waals surface area contributed by atoms with Crippen molar-refractivity contribution in [2.45, 2.75) is 31.1 Å². The predicted octanol–water partition coefficient (Wildman–Crippen LogP) is -2.09. The fourth-order valence-electron chi connectivity index (χ4n) is 3.59. The SMILES string of the molecule is Nc1nc2c(c(=O)[nH]1)n(CCOc1ccc(F)cc1)c[n+]2[C@@H]1O[C@H](COP(=O)([O-])O)[C@@H](O)[C@H]1O. The molecule has 0 radical (unpaired) electrons. The summed E-state index contributed by atoms with van der Waals surface area (Å²) in [7, 11) is -5.09. The number of fused-ring (bicyclic) bond motifs is 1. The van der Waals surface area contributed by atoms with Crippen molar-refractivity contribution in [3.8, 4) is 5.75 Å². The second kappa shape index (κ2) is 9.38. The first kappa shape index (κ1) is 24.2. The van der Waals surface area contributed by atoms with E-state index in [1.807, 2.05) is 0 Å². The van der Waals surface area contributed by atoms with Crippen LogP contribution >= 0.6 is 7.82 Å². The van der Waals surface area contributed by atoms with Crippen LogP contribution in [0, 0.1) is 5.82 Å². The van der Waals surface area contributed by atoms with Gasteiger partial charge in [-0.05, 0) is 24.3 Å². The number of nitrogens with zero attached hydrogens (tertiary/aromatic N) is 3. The van der Waals surface area contributed by atoms with Crippen LogP contribution in [0.4, 0.5) is 10.3 Å². The van der Waals surface area contributed by atoms with Crippen molar-refractivity contribution in [2.75, 3.05) is 18.9 Å². The number of ether oxygens (including phenoxy) is 2. The number of nitrogen functional groups attached to an aromatic ring is 1. The highest BCUT2D eigenvalue weighted by Crippen LogP contribution is 2.34. The average Bonchev–Trinajstić information content (AvgIpc) is 3.25. The number of H-pyrrole nitrogens is 1. The van der Waals surface area contributed by atoms with Gasteiger partial charge in [-0.15, -0.1) is 0 Å². The zero-order valence-electron chi connectivity index (χ0n) is 17.4. The molecule has 1 saturated heterocycles. The summed E-state index contributed by atoms with van der Waals surface area (Å²) in [5.74, 6) is -0.229. The Morgan fingerprint density at radius 1 is 1.32 bits per heavy atom. The lowest BCUT2D eigenvalue weighted by atomic mass is 10.1. The molecule has 1 aliphatic rings. The topological polar surface area (TPSA) is 209 Å². The standard InChI is InChI=1S/C18H21FN5O9P/c19-9-1-3-10(4-2-9)31-6-5-23-8-24(15-12(23)16(27)22-18(20)21-15)17-14(26)13(25)11(33-17)7-32-34(28,29)30/h1-4,8,11,13-14,17,25-26H,5-7H2,(H4-,20,21,22,27,28,29,30)/t11-,13-,14-,17-/m1/s1. The van der Waals surface area contributed by atoms with Crippen LogP contribution in [-0.2, 0) is 20.4 Å². The molecule has 3 aromatic rings. The molecule has 2 aromatic heterocycles. The van der Waals surface area contributed by atoms with Crippen molar-refractivity contribution in [3.63, 3.8) is 0 Å². The summed E-state index contributed by atoms with van der Waals surface area (Å²) in [6.07, 6.45) is -4.39. The molecule has 0 spiro atoms. The number of aliphatic hydroxyl groups excluding tert-OH is 2. The first-order chi connectivity index (χ1) is 16.0. The predicted molar refractivity (Wildman–Crippen MR) is 109 cm³/mol. The molecule has 34 heavy (non-hydrogen) atoms. The van der Waals surface area contributed by atoms with Crippen molar-refractivity contribution in [1.29, 1.82) is 0 Å². The molecule has 0 saturated carbocycles. The molecule has 14 nitrogen and oxygen atoms in total. The maximum atomic E-state index is 13.1. The van der Waals surface area contributed by atoms with Crippen LogP contribution in [-0.4, -0.2) is 61.2 Å². The van der Waals surface area contributed by atoms with Gasteiger partial charge >= 0.3 is 5.65 Å². The van der Waals surface area contributed by atoms with Crippen LogP contribution in [0.2, 0.25) is 0 Å². The summed E-state index contributed by atoms with van der Waals surface area (Å²) in [6, 6.07) is 5.35. The number of phosphoric ester groups is 1. The van der Waals surface area contributed by atoms with E-state index in [4.69, 9.17) is 20.1 Å². The highest BCUT2D eigenvalue weighted by molar-refractivity contribution is 7.44. The third-order valence-electron chi connectivity index (χ3n) is 5.12. The number of aromatic amines is 1. The van der Waals surface area contributed by atoms with Gasteiger partial charge in [0.2, 0.25) is 11.7 Å². The van der Waals surface area contributed by atoms with Crippen LogP contribution in [0.25, 0.3) is 11.2 Å². The van der Waals surface area contributed by atoms with Gasteiger partial charge in [0.15, 0.2) is 6.33 Å². The zero-order chi connectivity index (χ0) is 24.6. The number of hydrogen-bond donors (Lipinski definition) is 5. The Bertz CT molecular complexity index is 1280. The van der Waals surface area contributed by atoms with Crippen LogP contribution in [0.5, 0.6) is 5.75 Å². The van der Waals surface area contributed by atoms with Gasteiger partial charge in [0, 0.05) is 0 Å². The van der Waals surface area contributed by atoms with Gasteiger partial charge in [-0.2, -0.15) is 0 Å². The average molecular weight is 501 g/mol. The summed E-state index contributed by atoms with van der Waals surface area (Å²) in [5, 5.41) is 20.7. The van der Waals surface area contributed by atoms with Crippen LogP contribution in [0.3, 0.4) is 0 Å². The molecule has 5 atom stereocenters. The molecule has 0 aliphatic carbocycles. The van der Waals surface area contributed by atoms with Crippen molar-refractivity contribution < 1.29 is 47.5 Å². The number of aliphatic hydroxyl groups is 2. The summed E-state index contributed by atoms with van der Waals surface area (Å²) < 4.78 is 42.0. The van der Waals surface area contributed by atoms with Gasteiger partial charge in [-0.25, -0.2) is 8.96 Å². The number of nitrogens with two attached hydrogens (primary N) is 1. The molecule has 0 bridgehead atoms. The molecule has 0 amide bonds. The number of nitrogens with one attached hydrogen (secondary N) is 1. The second-order valence-corrected chi connectivity index (χ2v) is 8.65. The number of rotatable bonds is 8. The summed E-state index contributed by atoms with van der Waals surface area (Å²) in [4.78, 5) is 38.7. The molecule has 3 heterocycles. The van der Waals surface area contributed by atoms with Crippen molar-refractivity contribution in [3.05, 3.63) is 46.8 Å². The molecular formula is C18H21FN5O9P. The normalized spacial score (nSPS) is 24.4. The number of benzene rings is 1. The minimum atomic E-state index is -5.09. The molecule has 1 aliphatic heterocycles. The van der Waals surface area contributed by atoms with E-state index >= 15 is 0 Å². The maximum absolute atomic E-state index is 13.1. The number of hydrogen-bond acceptors (Lipinski definition) is 10. The number of anilines is 1. The highest BCUT2D eigenvalue weighted by Gasteiger charge is 2.47. The van der Waals surface area contributed by atoms with Gasteiger partial charge in [-0.1, -0.05) is 4.98 Å². The summed E-state index contributed by atoms with van der Waals surface area (Å²) in [6.45, 7) is -0.564. The minimum absolute atomic E-state index is 0.0116. The van der Waals surface area contributed by atoms with Gasteiger partial charge in [0.05, 0.1) is 6.61 Å². The van der Waals surface area contributed by atoms with Gasteiger partial charge in [-0.3, -0.25) is 18.9 Å². The van der Waals surface area contributed by atoms with Crippen molar-refractivity contribution >= 4 is 24.9 Å². The number of aromatic nitrogens is 4. The number of halogens is 1.